The lowest BCUT2D eigenvalue weighted by atomic mass is 9.83. The van der Waals surface area contributed by atoms with Gasteiger partial charge in [0.05, 0.1) is 6.08 Å². The summed E-state index contributed by atoms with van der Waals surface area (Å²) in [4.78, 5) is 11.8. The van der Waals surface area contributed by atoms with Crippen molar-refractivity contribution in [2.24, 2.45) is 0 Å². The molecule has 112 valence electrons. The molecule has 2 aromatic rings. The molecule has 0 amide bonds. The van der Waals surface area contributed by atoms with Crippen LogP contribution in [0, 0.1) is 0 Å². The number of rotatable bonds is 4. The first-order chi connectivity index (χ1) is 10.7. The van der Waals surface area contributed by atoms with Crippen molar-refractivity contribution in [2.75, 3.05) is 0 Å². The molecule has 22 heavy (non-hydrogen) atoms. The van der Waals surface area contributed by atoms with E-state index in [1.54, 1.807) is 0 Å². The lowest BCUT2D eigenvalue weighted by Gasteiger charge is -2.36. The quantitative estimate of drug-likeness (QED) is 0.870. The molecule has 1 aliphatic rings. The Morgan fingerprint density at radius 3 is 2.27 bits per heavy atom. The fourth-order valence-electron chi connectivity index (χ4n) is 2.92. The Balaban J connectivity index is 1.90. The highest BCUT2D eigenvalue weighted by Crippen LogP contribution is 2.39. The van der Waals surface area contributed by atoms with E-state index in [0.717, 1.165) is 18.1 Å². The maximum absolute atomic E-state index is 11.8. The van der Waals surface area contributed by atoms with Gasteiger partial charge in [-0.05, 0) is 24.0 Å². The van der Waals surface area contributed by atoms with Gasteiger partial charge in [-0.15, -0.1) is 0 Å². The molecule has 3 rings (SSSR count). The molecular formula is C19H18O3. The third-order valence-corrected chi connectivity index (χ3v) is 4.01. The molecule has 2 aromatic carbocycles. The third kappa shape index (κ3) is 3.03. The van der Waals surface area contributed by atoms with Crippen molar-refractivity contribution in [1.29, 1.82) is 0 Å². The third-order valence-electron chi connectivity index (χ3n) is 4.01. The minimum atomic E-state index is -0.799. The zero-order chi connectivity index (χ0) is 15.4. The fourth-order valence-corrected chi connectivity index (χ4v) is 2.92. The molecule has 0 fully saturated rings. The van der Waals surface area contributed by atoms with Gasteiger partial charge in [-0.2, -0.15) is 0 Å². The maximum Gasteiger partial charge on any atom is 0.335 e. The summed E-state index contributed by atoms with van der Waals surface area (Å²) >= 11 is 0. The van der Waals surface area contributed by atoms with Crippen LogP contribution >= 0.6 is 0 Å². The van der Waals surface area contributed by atoms with Gasteiger partial charge in [0.1, 0.15) is 11.4 Å². The number of aliphatic hydroxyl groups is 1. The molecule has 1 heterocycles. The van der Waals surface area contributed by atoms with Crippen LogP contribution in [0.2, 0.25) is 0 Å². The molecule has 0 aliphatic carbocycles. The summed E-state index contributed by atoms with van der Waals surface area (Å²) in [6.07, 6.45) is 2.88. The van der Waals surface area contributed by atoms with Crippen molar-refractivity contribution in [2.45, 2.75) is 24.9 Å². The van der Waals surface area contributed by atoms with Crippen LogP contribution in [0.5, 0.6) is 0 Å². The summed E-state index contributed by atoms with van der Waals surface area (Å²) < 4.78 is 5.68. The Bertz CT molecular complexity index is 676. The van der Waals surface area contributed by atoms with E-state index >= 15 is 0 Å². The zero-order valence-electron chi connectivity index (χ0n) is 12.2. The summed E-state index contributed by atoms with van der Waals surface area (Å²) in [6, 6.07) is 19.7. The number of ether oxygens (including phenoxy) is 1. The highest BCUT2D eigenvalue weighted by molar-refractivity contribution is 5.84. The number of aryl methyl sites for hydroxylation is 1. The Hall–Kier alpha value is -2.55. The van der Waals surface area contributed by atoms with Crippen molar-refractivity contribution < 1.29 is 14.6 Å². The Morgan fingerprint density at radius 2 is 1.64 bits per heavy atom. The largest absolute Gasteiger partial charge is 0.512 e. The molecule has 1 N–H and O–H groups in total. The summed E-state index contributed by atoms with van der Waals surface area (Å²) in [5.74, 6) is -0.408. The number of hydrogen-bond donors (Lipinski definition) is 1. The smallest absolute Gasteiger partial charge is 0.335 e. The van der Waals surface area contributed by atoms with E-state index in [1.807, 2.05) is 48.5 Å². The average molecular weight is 294 g/mol. The first kappa shape index (κ1) is 14.4. The van der Waals surface area contributed by atoms with E-state index in [0.29, 0.717) is 12.8 Å². The van der Waals surface area contributed by atoms with Crippen molar-refractivity contribution in [3.8, 4) is 0 Å². The van der Waals surface area contributed by atoms with Crippen LogP contribution < -0.4 is 0 Å². The molecule has 1 unspecified atom stereocenters. The molecular weight excluding hydrogens is 276 g/mol. The second-order valence-corrected chi connectivity index (χ2v) is 5.58. The molecule has 0 bridgehead atoms. The second kappa shape index (κ2) is 6.06. The van der Waals surface area contributed by atoms with Gasteiger partial charge in [-0.1, -0.05) is 60.7 Å². The van der Waals surface area contributed by atoms with Crippen molar-refractivity contribution in [3.05, 3.63) is 83.6 Å². The van der Waals surface area contributed by atoms with Crippen molar-refractivity contribution >= 4 is 5.97 Å². The monoisotopic (exact) mass is 294 g/mol. The molecule has 0 saturated heterocycles. The fraction of sp³-hybridized carbons (Fsp3) is 0.211. The first-order valence-corrected chi connectivity index (χ1v) is 7.40. The predicted octanol–water partition coefficient (Wildman–Crippen LogP) is 3.90. The number of aliphatic hydroxyl groups excluding tert-OH is 1. The molecule has 1 atom stereocenters. The molecule has 0 spiro atoms. The van der Waals surface area contributed by atoms with Crippen LogP contribution in [0.3, 0.4) is 0 Å². The summed E-state index contributed by atoms with van der Waals surface area (Å²) in [5, 5.41) is 9.93. The minimum absolute atomic E-state index is 0.0770. The van der Waals surface area contributed by atoms with Gasteiger partial charge in [0.2, 0.25) is 0 Å². The number of benzene rings is 2. The van der Waals surface area contributed by atoms with Crippen LogP contribution in [0.25, 0.3) is 0 Å². The van der Waals surface area contributed by atoms with E-state index in [1.165, 1.54) is 5.56 Å². The number of hydrogen-bond acceptors (Lipinski definition) is 3. The van der Waals surface area contributed by atoms with Gasteiger partial charge in [-0.3, -0.25) is 0 Å². The topological polar surface area (TPSA) is 46.5 Å². The molecule has 1 aliphatic heterocycles. The van der Waals surface area contributed by atoms with Gasteiger partial charge in [0.25, 0.3) is 0 Å². The number of esters is 1. The van der Waals surface area contributed by atoms with Gasteiger partial charge < -0.3 is 9.84 Å². The van der Waals surface area contributed by atoms with Crippen molar-refractivity contribution in [3.63, 3.8) is 0 Å². The van der Waals surface area contributed by atoms with Gasteiger partial charge in [-0.25, -0.2) is 4.79 Å². The SMILES string of the molecule is O=C1C=C(O)CC(CCc2ccccc2)(c2ccccc2)O1. The molecule has 3 nitrogen and oxygen atoms in total. The number of cyclic esters (lactones) is 1. The van der Waals surface area contributed by atoms with E-state index in [-0.39, 0.29) is 5.76 Å². The second-order valence-electron chi connectivity index (χ2n) is 5.58. The molecule has 3 heteroatoms. The lowest BCUT2D eigenvalue weighted by Crippen LogP contribution is -2.36. The van der Waals surface area contributed by atoms with E-state index in [4.69, 9.17) is 4.74 Å². The Kier molecular flexibility index (Phi) is 3.96. The molecule has 0 saturated carbocycles. The number of carbonyl (C=O) groups is 1. The maximum atomic E-state index is 11.8. The summed E-state index contributed by atoms with van der Waals surface area (Å²) in [6.45, 7) is 0. The van der Waals surface area contributed by atoms with E-state index < -0.39 is 11.6 Å². The Morgan fingerprint density at radius 1 is 1.00 bits per heavy atom. The van der Waals surface area contributed by atoms with Crippen LogP contribution in [0.15, 0.2) is 72.5 Å². The summed E-state index contributed by atoms with van der Waals surface area (Å²) in [5.41, 5.74) is 1.30. The zero-order valence-corrected chi connectivity index (χ0v) is 12.2. The van der Waals surface area contributed by atoms with Gasteiger partial charge >= 0.3 is 5.97 Å². The lowest BCUT2D eigenvalue weighted by molar-refractivity contribution is -0.159. The Labute approximate surface area is 129 Å². The van der Waals surface area contributed by atoms with Crippen LogP contribution in [-0.4, -0.2) is 11.1 Å². The van der Waals surface area contributed by atoms with Crippen molar-refractivity contribution in [1.82, 2.24) is 0 Å². The minimum Gasteiger partial charge on any atom is -0.512 e. The summed E-state index contributed by atoms with van der Waals surface area (Å²) in [7, 11) is 0. The number of carbonyl (C=O) groups excluding carboxylic acids is 1. The normalized spacial score (nSPS) is 21.1. The highest BCUT2D eigenvalue weighted by atomic mass is 16.6. The van der Waals surface area contributed by atoms with E-state index in [9.17, 15) is 9.90 Å². The predicted molar refractivity (Wildman–Crippen MR) is 84.3 cm³/mol. The van der Waals surface area contributed by atoms with E-state index in [2.05, 4.69) is 12.1 Å². The standard InChI is InChI=1S/C19H18O3/c20-17-13-18(21)22-19(14-17,16-9-5-2-6-10-16)12-11-15-7-3-1-4-8-15/h1-10,13,20H,11-12,14H2. The van der Waals surface area contributed by atoms with Gasteiger partial charge in [0.15, 0.2) is 0 Å². The van der Waals surface area contributed by atoms with Gasteiger partial charge in [0, 0.05) is 6.42 Å². The van der Waals surface area contributed by atoms with Crippen LogP contribution in [0.1, 0.15) is 24.0 Å². The van der Waals surface area contributed by atoms with Crippen LogP contribution in [0.4, 0.5) is 0 Å². The average Bonchev–Trinajstić information content (AvgIpc) is 2.54. The highest BCUT2D eigenvalue weighted by Gasteiger charge is 2.39. The van der Waals surface area contributed by atoms with Crippen LogP contribution in [-0.2, 0) is 21.6 Å². The first-order valence-electron chi connectivity index (χ1n) is 7.40. The molecule has 0 aromatic heterocycles. The molecule has 0 radical (unpaired) electrons.